The van der Waals surface area contributed by atoms with Crippen LogP contribution in [0, 0.1) is 5.92 Å². The van der Waals surface area contributed by atoms with Crippen LogP contribution < -0.4 is 0 Å². The fraction of sp³-hybridized carbons (Fsp3) is 0.667. The average Bonchev–Trinajstić information content (AvgIpc) is 2.72. The Bertz CT molecular complexity index is 247. The highest BCUT2D eigenvalue weighted by molar-refractivity contribution is 5.00. The van der Waals surface area contributed by atoms with Crippen LogP contribution in [0.1, 0.15) is 37.9 Å². The first-order valence-corrected chi connectivity index (χ1v) is 5.56. The zero-order chi connectivity index (χ0) is 9.80. The standard InChI is InChI=1S/C12H18O2/c13-12(9-11-7-4-8-14-11)10-5-2-1-3-6-10/h4,7-8,10,12-13H,1-3,5-6,9H2. The molecule has 1 aliphatic carbocycles. The lowest BCUT2D eigenvalue weighted by molar-refractivity contribution is 0.0805. The van der Waals surface area contributed by atoms with E-state index in [9.17, 15) is 5.11 Å². The summed E-state index contributed by atoms with van der Waals surface area (Å²) < 4.78 is 5.23. The zero-order valence-electron chi connectivity index (χ0n) is 8.48. The Labute approximate surface area is 84.9 Å². The molecule has 0 spiro atoms. The highest BCUT2D eigenvalue weighted by Crippen LogP contribution is 2.27. The summed E-state index contributed by atoms with van der Waals surface area (Å²) in [6, 6.07) is 3.81. The van der Waals surface area contributed by atoms with Gasteiger partial charge in [0.15, 0.2) is 0 Å². The van der Waals surface area contributed by atoms with Crippen molar-refractivity contribution in [2.24, 2.45) is 5.92 Å². The van der Waals surface area contributed by atoms with Crippen LogP contribution in [0.4, 0.5) is 0 Å². The van der Waals surface area contributed by atoms with Crippen LogP contribution in [0.15, 0.2) is 22.8 Å². The maximum Gasteiger partial charge on any atom is 0.106 e. The Morgan fingerprint density at radius 2 is 2.14 bits per heavy atom. The lowest BCUT2D eigenvalue weighted by Crippen LogP contribution is -2.24. The fourth-order valence-corrected chi connectivity index (χ4v) is 2.32. The van der Waals surface area contributed by atoms with E-state index in [2.05, 4.69) is 0 Å². The average molecular weight is 194 g/mol. The summed E-state index contributed by atoms with van der Waals surface area (Å²) in [5.74, 6) is 1.40. The van der Waals surface area contributed by atoms with Gasteiger partial charge in [-0.25, -0.2) is 0 Å². The molecule has 78 valence electrons. The van der Waals surface area contributed by atoms with E-state index in [1.165, 1.54) is 32.1 Å². The molecule has 1 aromatic rings. The van der Waals surface area contributed by atoms with E-state index in [1.807, 2.05) is 12.1 Å². The van der Waals surface area contributed by atoms with Crippen LogP contribution in [0.2, 0.25) is 0 Å². The number of hydrogen-bond acceptors (Lipinski definition) is 2. The Hall–Kier alpha value is -0.760. The van der Waals surface area contributed by atoms with Crippen LogP contribution in [-0.2, 0) is 6.42 Å². The largest absolute Gasteiger partial charge is 0.469 e. The molecular formula is C12H18O2. The van der Waals surface area contributed by atoms with Gasteiger partial charge in [-0.15, -0.1) is 0 Å². The van der Waals surface area contributed by atoms with E-state index in [-0.39, 0.29) is 6.10 Å². The Kier molecular flexibility index (Phi) is 3.25. The van der Waals surface area contributed by atoms with Gasteiger partial charge >= 0.3 is 0 Å². The molecule has 0 bridgehead atoms. The van der Waals surface area contributed by atoms with Crippen molar-refractivity contribution in [3.8, 4) is 0 Å². The molecule has 1 atom stereocenters. The first-order chi connectivity index (χ1) is 6.86. The minimum absolute atomic E-state index is 0.207. The van der Waals surface area contributed by atoms with Crippen molar-refractivity contribution in [2.45, 2.75) is 44.6 Å². The van der Waals surface area contributed by atoms with E-state index < -0.39 is 0 Å². The highest BCUT2D eigenvalue weighted by atomic mass is 16.3. The third kappa shape index (κ3) is 2.38. The lowest BCUT2D eigenvalue weighted by Gasteiger charge is -2.25. The second-order valence-corrected chi connectivity index (χ2v) is 4.25. The quantitative estimate of drug-likeness (QED) is 0.802. The van der Waals surface area contributed by atoms with Gasteiger partial charge in [0.05, 0.1) is 12.4 Å². The fourth-order valence-electron chi connectivity index (χ4n) is 2.32. The van der Waals surface area contributed by atoms with Gasteiger partial charge in [-0.05, 0) is 30.9 Å². The molecule has 14 heavy (non-hydrogen) atoms. The normalized spacial score (nSPS) is 20.9. The molecule has 1 N–H and O–H groups in total. The van der Waals surface area contributed by atoms with Crippen LogP contribution in [0.25, 0.3) is 0 Å². The molecule has 1 aliphatic rings. The molecule has 2 nitrogen and oxygen atoms in total. The van der Waals surface area contributed by atoms with Crippen molar-refractivity contribution in [1.82, 2.24) is 0 Å². The minimum Gasteiger partial charge on any atom is -0.469 e. The third-order valence-corrected chi connectivity index (χ3v) is 3.18. The van der Waals surface area contributed by atoms with Crippen molar-refractivity contribution in [1.29, 1.82) is 0 Å². The van der Waals surface area contributed by atoms with Gasteiger partial charge in [-0.3, -0.25) is 0 Å². The lowest BCUT2D eigenvalue weighted by atomic mass is 9.84. The Morgan fingerprint density at radius 3 is 2.79 bits per heavy atom. The summed E-state index contributed by atoms with van der Waals surface area (Å²) in [6.07, 6.45) is 8.40. The second kappa shape index (κ2) is 4.65. The molecule has 2 rings (SSSR count). The second-order valence-electron chi connectivity index (χ2n) is 4.25. The van der Waals surface area contributed by atoms with Gasteiger partial charge < -0.3 is 9.52 Å². The maximum atomic E-state index is 9.99. The van der Waals surface area contributed by atoms with Crippen LogP contribution >= 0.6 is 0 Å². The van der Waals surface area contributed by atoms with Gasteiger partial charge in [0.2, 0.25) is 0 Å². The minimum atomic E-state index is -0.207. The molecule has 0 amide bonds. The molecule has 1 aromatic heterocycles. The smallest absolute Gasteiger partial charge is 0.106 e. The van der Waals surface area contributed by atoms with Gasteiger partial charge in [0.1, 0.15) is 5.76 Å². The summed E-state index contributed by atoms with van der Waals surface area (Å²) in [5, 5.41) is 9.99. The SMILES string of the molecule is OC(Cc1ccco1)C1CCCCC1. The first kappa shape index (κ1) is 9.78. The molecule has 1 heterocycles. The number of furan rings is 1. The third-order valence-electron chi connectivity index (χ3n) is 3.18. The van der Waals surface area contributed by atoms with Crippen LogP contribution in [-0.4, -0.2) is 11.2 Å². The van der Waals surface area contributed by atoms with Gasteiger partial charge in [0, 0.05) is 6.42 Å². The topological polar surface area (TPSA) is 33.4 Å². The molecule has 0 saturated heterocycles. The van der Waals surface area contributed by atoms with E-state index in [0.29, 0.717) is 12.3 Å². The number of hydrogen-bond donors (Lipinski definition) is 1. The summed E-state index contributed by atoms with van der Waals surface area (Å²) in [5.41, 5.74) is 0. The molecule has 0 radical (unpaired) electrons. The van der Waals surface area contributed by atoms with Crippen molar-refractivity contribution >= 4 is 0 Å². The number of rotatable bonds is 3. The predicted octanol–water partition coefficient (Wildman–Crippen LogP) is 2.76. The molecule has 1 saturated carbocycles. The van der Waals surface area contributed by atoms with Gasteiger partial charge in [-0.2, -0.15) is 0 Å². The van der Waals surface area contributed by atoms with Crippen molar-refractivity contribution in [3.05, 3.63) is 24.2 Å². The Balaban J connectivity index is 1.85. The molecule has 0 aliphatic heterocycles. The summed E-state index contributed by atoms with van der Waals surface area (Å²) in [7, 11) is 0. The van der Waals surface area contributed by atoms with Gasteiger partial charge in [-0.1, -0.05) is 19.3 Å². The first-order valence-electron chi connectivity index (χ1n) is 5.56. The summed E-state index contributed by atoms with van der Waals surface area (Å²) >= 11 is 0. The van der Waals surface area contributed by atoms with Crippen molar-refractivity contribution in [3.63, 3.8) is 0 Å². The maximum absolute atomic E-state index is 9.99. The molecule has 2 heteroatoms. The van der Waals surface area contributed by atoms with Crippen LogP contribution in [0.3, 0.4) is 0 Å². The summed E-state index contributed by atoms with van der Waals surface area (Å²) in [6.45, 7) is 0. The highest BCUT2D eigenvalue weighted by Gasteiger charge is 2.22. The monoisotopic (exact) mass is 194 g/mol. The van der Waals surface area contributed by atoms with Crippen LogP contribution in [0.5, 0.6) is 0 Å². The van der Waals surface area contributed by atoms with E-state index in [4.69, 9.17) is 4.42 Å². The predicted molar refractivity (Wildman–Crippen MR) is 55.0 cm³/mol. The van der Waals surface area contributed by atoms with E-state index in [0.717, 1.165) is 5.76 Å². The number of aliphatic hydroxyl groups excluding tert-OH is 1. The summed E-state index contributed by atoms with van der Waals surface area (Å²) in [4.78, 5) is 0. The zero-order valence-corrected chi connectivity index (χ0v) is 8.48. The molecular weight excluding hydrogens is 176 g/mol. The Morgan fingerprint density at radius 1 is 1.36 bits per heavy atom. The number of aliphatic hydroxyl groups is 1. The molecule has 0 aromatic carbocycles. The van der Waals surface area contributed by atoms with E-state index in [1.54, 1.807) is 6.26 Å². The van der Waals surface area contributed by atoms with Gasteiger partial charge in [0.25, 0.3) is 0 Å². The molecule has 1 fully saturated rings. The molecule has 1 unspecified atom stereocenters. The van der Waals surface area contributed by atoms with Crippen molar-refractivity contribution < 1.29 is 9.52 Å². The van der Waals surface area contributed by atoms with Crippen molar-refractivity contribution in [2.75, 3.05) is 0 Å². The van der Waals surface area contributed by atoms with E-state index >= 15 is 0 Å².